The van der Waals surface area contributed by atoms with E-state index >= 15 is 0 Å². The number of anilines is 1. The molecule has 3 fully saturated rings. The summed E-state index contributed by atoms with van der Waals surface area (Å²) in [6, 6.07) is 17.4. The Morgan fingerprint density at radius 3 is 2.35 bits per heavy atom. The number of imide groups is 1. The van der Waals surface area contributed by atoms with E-state index in [2.05, 4.69) is 17.1 Å². The van der Waals surface area contributed by atoms with Crippen LogP contribution in [-0.2, 0) is 9.59 Å². The van der Waals surface area contributed by atoms with Gasteiger partial charge in [0.2, 0.25) is 11.8 Å². The lowest BCUT2D eigenvalue weighted by Crippen LogP contribution is -2.42. The number of thioether (sulfide) groups is 1. The predicted octanol–water partition coefficient (Wildman–Crippen LogP) is 4.12. The van der Waals surface area contributed by atoms with Gasteiger partial charge in [0.15, 0.2) is 0 Å². The number of para-hydroxylation sites is 1. The molecule has 2 bridgehead atoms. The summed E-state index contributed by atoms with van der Waals surface area (Å²) in [5, 5.41) is 1.13. The molecule has 0 spiro atoms. The van der Waals surface area contributed by atoms with Crippen molar-refractivity contribution < 1.29 is 14.3 Å². The SMILES string of the molecule is COc1ccc([C@@H]2c3sc(=O)[nH]c3S[C@H]3[C@H]4C[C@H]([C@H]5C(=O)N(c6ccccc6)C(=O)[C@@H]45)[C@@H]23)cc1. The second-order valence-electron chi connectivity index (χ2n) is 9.58. The predicted molar refractivity (Wildman–Crippen MR) is 130 cm³/mol. The number of hydrogen-bond acceptors (Lipinski definition) is 6. The number of H-pyrrole nitrogens is 1. The zero-order valence-electron chi connectivity index (χ0n) is 18.3. The summed E-state index contributed by atoms with van der Waals surface area (Å²) in [5.74, 6) is 0.611. The summed E-state index contributed by atoms with van der Waals surface area (Å²) in [5.41, 5.74) is 1.80. The number of hydrogen-bond donors (Lipinski definition) is 1. The highest BCUT2D eigenvalue weighted by Gasteiger charge is 2.69. The normalized spacial score (nSPS) is 33.1. The number of carbonyl (C=O) groups is 2. The number of benzene rings is 2. The minimum Gasteiger partial charge on any atom is -0.497 e. The molecule has 2 aliphatic carbocycles. The number of thiazole rings is 1. The molecule has 7 rings (SSSR count). The standard InChI is InChI=1S/C26H22N2O4S2/c1-32-14-9-7-12(8-10-14)17-18-15-11-16(21(18)33-23-22(17)34-26(31)27-23)20-19(15)24(29)28(25(20)30)13-5-3-2-4-6-13/h2-10,15-21H,11H2,1H3,(H,27,31)/t15-,16-,17-,18-,19+,20-,21-/m0/s1. The highest BCUT2D eigenvalue weighted by Crippen LogP contribution is 2.68. The Morgan fingerprint density at radius 1 is 0.941 bits per heavy atom. The van der Waals surface area contributed by atoms with Gasteiger partial charge < -0.3 is 9.72 Å². The highest BCUT2D eigenvalue weighted by atomic mass is 32.2. The van der Waals surface area contributed by atoms with Crippen molar-refractivity contribution in [3.63, 3.8) is 0 Å². The van der Waals surface area contributed by atoms with E-state index < -0.39 is 0 Å². The first-order valence-electron chi connectivity index (χ1n) is 11.5. The van der Waals surface area contributed by atoms with E-state index in [4.69, 9.17) is 4.74 Å². The van der Waals surface area contributed by atoms with Crippen LogP contribution in [-0.4, -0.2) is 29.2 Å². The van der Waals surface area contributed by atoms with Gasteiger partial charge in [-0.2, -0.15) is 0 Å². The van der Waals surface area contributed by atoms with Gasteiger partial charge in [0.25, 0.3) is 0 Å². The maximum absolute atomic E-state index is 13.7. The van der Waals surface area contributed by atoms with Crippen LogP contribution in [0.25, 0.3) is 0 Å². The second kappa shape index (κ2) is 7.33. The molecule has 8 heteroatoms. The zero-order valence-corrected chi connectivity index (χ0v) is 20.0. The Kier molecular flexibility index (Phi) is 4.42. The van der Waals surface area contributed by atoms with E-state index in [0.29, 0.717) is 5.69 Å². The molecule has 34 heavy (non-hydrogen) atoms. The first-order valence-corrected chi connectivity index (χ1v) is 13.2. The Hall–Kier alpha value is -2.84. The third kappa shape index (κ3) is 2.66. The fraction of sp³-hybridized carbons (Fsp3) is 0.346. The molecule has 2 saturated carbocycles. The molecule has 1 aromatic heterocycles. The third-order valence-corrected chi connectivity index (χ3v) is 10.8. The van der Waals surface area contributed by atoms with Crippen LogP contribution in [0, 0.1) is 29.6 Å². The maximum Gasteiger partial charge on any atom is 0.305 e. The number of aromatic amines is 1. The van der Waals surface area contributed by atoms with Crippen molar-refractivity contribution in [2.45, 2.75) is 22.6 Å². The minimum absolute atomic E-state index is 0.0285. The molecule has 3 heterocycles. The van der Waals surface area contributed by atoms with Gasteiger partial charge in [-0.1, -0.05) is 41.7 Å². The van der Waals surface area contributed by atoms with E-state index in [1.807, 2.05) is 42.5 Å². The minimum atomic E-state index is -0.280. The number of nitrogens with one attached hydrogen (secondary N) is 1. The van der Waals surface area contributed by atoms with Crippen LogP contribution < -0.4 is 14.5 Å². The third-order valence-electron chi connectivity index (χ3n) is 8.21. The molecule has 2 amide bonds. The van der Waals surface area contributed by atoms with E-state index in [1.165, 1.54) is 16.2 Å². The molecule has 172 valence electrons. The van der Waals surface area contributed by atoms with Crippen molar-refractivity contribution in [3.8, 4) is 5.75 Å². The van der Waals surface area contributed by atoms with Crippen molar-refractivity contribution in [1.29, 1.82) is 0 Å². The lowest BCUT2D eigenvalue weighted by Gasteiger charge is -2.43. The topological polar surface area (TPSA) is 79.5 Å². The van der Waals surface area contributed by atoms with Crippen LogP contribution in [0.5, 0.6) is 5.75 Å². The van der Waals surface area contributed by atoms with Gasteiger partial charge in [-0.25, -0.2) is 0 Å². The van der Waals surface area contributed by atoms with Crippen LogP contribution >= 0.6 is 23.1 Å². The number of carbonyl (C=O) groups excluding carboxylic acids is 2. The second-order valence-corrected chi connectivity index (χ2v) is 11.8. The van der Waals surface area contributed by atoms with Gasteiger partial charge in [0, 0.05) is 16.0 Å². The van der Waals surface area contributed by atoms with Crippen molar-refractivity contribution in [1.82, 2.24) is 4.98 Å². The number of rotatable bonds is 3. The molecule has 2 aromatic carbocycles. The van der Waals surface area contributed by atoms with Crippen molar-refractivity contribution >= 4 is 40.6 Å². The molecule has 3 aromatic rings. The van der Waals surface area contributed by atoms with E-state index in [9.17, 15) is 14.4 Å². The van der Waals surface area contributed by atoms with Crippen LogP contribution in [0.4, 0.5) is 5.69 Å². The average Bonchev–Trinajstić information content (AvgIpc) is 3.58. The monoisotopic (exact) mass is 490 g/mol. The van der Waals surface area contributed by atoms with Gasteiger partial charge in [-0.15, -0.1) is 11.8 Å². The molecule has 2 aliphatic heterocycles. The zero-order chi connectivity index (χ0) is 23.1. The summed E-state index contributed by atoms with van der Waals surface area (Å²) in [6.45, 7) is 0. The summed E-state index contributed by atoms with van der Waals surface area (Å²) in [7, 11) is 1.65. The Morgan fingerprint density at radius 2 is 1.65 bits per heavy atom. The number of aromatic nitrogens is 1. The number of ether oxygens (including phenoxy) is 1. The highest BCUT2D eigenvalue weighted by molar-refractivity contribution is 8.00. The first kappa shape index (κ1) is 20.5. The Balaban J connectivity index is 1.33. The molecular weight excluding hydrogens is 468 g/mol. The number of methoxy groups -OCH3 is 1. The van der Waals surface area contributed by atoms with E-state index in [-0.39, 0.29) is 57.4 Å². The number of fused-ring (bicyclic) bond motifs is 9. The van der Waals surface area contributed by atoms with Crippen LogP contribution in [0.15, 0.2) is 64.4 Å². The van der Waals surface area contributed by atoms with Gasteiger partial charge >= 0.3 is 4.87 Å². The lowest BCUT2D eigenvalue weighted by atomic mass is 9.68. The van der Waals surface area contributed by atoms with Gasteiger partial charge in [0.05, 0.1) is 29.7 Å². The largest absolute Gasteiger partial charge is 0.497 e. The quantitative estimate of drug-likeness (QED) is 0.559. The Bertz CT molecular complexity index is 1370. The van der Waals surface area contributed by atoms with Crippen molar-refractivity contribution in [3.05, 3.63) is 74.7 Å². The molecule has 0 radical (unpaired) electrons. The fourth-order valence-corrected chi connectivity index (χ4v) is 9.92. The molecule has 1 saturated heterocycles. The van der Waals surface area contributed by atoms with Crippen molar-refractivity contribution in [2.24, 2.45) is 29.6 Å². The summed E-state index contributed by atoms with van der Waals surface area (Å²) >= 11 is 2.99. The van der Waals surface area contributed by atoms with Crippen molar-refractivity contribution in [2.75, 3.05) is 12.0 Å². The number of amides is 2. The molecular formula is C26H22N2O4S2. The summed E-state index contributed by atoms with van der Waals surface area (Å²) in [6.07, 6.45) is 0.892. The molecule has 4 aliphatic rings. The maximum atomic E-state index is 13.7. The Labute approximate surface area is 204 Å². The smallest absolute Gasteiger partial charge is 0.305 e. The van der Waals surface area contributed by atoms with E-state index in [1.54, 1.807) is 18.9 Å². The van der Waals surface area contributed by atoms with Gasteiger partial charge in [-0.05, 0) is 54.0 Å². The molecule has 7 atom stereocenters. The molecule has 0 unspecified atom stereocenters. The summed E-state index contributed by atoms with van der Waals surface area (Å²) in [4.78, 5) is 45.1. The number of nitrogens with zero attached hydrogens (tertiary/aromatic N) is 1. The van der Waals surface area contributed by atoms with Crippen LogP contribution in [0.1, 0.15) is 22.8 Å². The average molecular weight is 491 g/mol. The van der Waals surface area contributed by atoms with Gasteiger partial charge in [-0.3, -0.25) is 19.3 Å². The van der Waals surface area contributed by atoms with Gasteiger partial charge in [0.1, 0.15) is 5.75 Å². The van der Waals surface area contributed by atoms with E-state index in [0.717, 1.165) is 27.6 Å². The van der Waals surface area contributed by atoms with Crippen LogP contribution in [0.2, 0.25) is 0 Å². The lowest BCUT2D eigenvalue weighted by molar-refractivity contribution is -0.123. The molecule has 1 N–H and O–H groups in total. The van der Waals surface area contributed by atoms with Crippen LogP contribution in [0.3, 0.4) is 0 Å². The summed E-state index contributed by atoms with van der Waals surface area (Å²) < 4.78 is 5.36. The molecule has 6 nitrogen and oxygen atoms in total. The fourth-order valence-electron chi connectivity index (χ4n) is 7.03. The first-order chi connectivity index (χ1) is 16.6.